The number of nitrogens with one attached hydrogen (secondary N) is 1. The van der Waals surface area contributed by atoms with Crippen molar-refractivity contribution in [3.8, 4) is 0 Å². The summed E-state index contributed by atoms with van der Waals surface area (Å²) in [4.78, 5) is 19.7. The van der Waals surface area contributed by atoms with Crippen LogP contribution < -0.4 is 11.3 Å². The molecule has 0 aromatic carbocycles. The van der Waals surface area contributed by atoms with Crippen LogP contribution in [0.3, 0.4) is 0 Å². The average Bonchev–Trinajstić information content (AvgIpc) is 1.63. The van der Waals surface area contributed by atoms with E-state index < -0.39 is 11.1 Å². The maximum Gasteiger partial charge on any atom is 0.389 e. The fourth-order valence-electron chi connectivity index (χ4n) is 0.157. The molecule has 0 aliphatic carbocycles. The number of urea groups is 1. The third-order valence-corrected chi connectivity index (χ3v) is 0.507. The molecule has 0 aromatic rings. The van der Waals surface area contributed by atoms with Crippen molar-refractivity contribution in [2.75, 3.05) is 7.05 Å². The van der Waals surface area contributed by atoms with Crippen LogP contribution >= 0.6 is 0 Å². The molecule has 0 saturated heterocycles. The molecule has 0 radical (unpaired) electrons. The predicted molar refractivity (Wildman–Crippen MR) is 27.5 cm³/mol. The lowest BCUT2D eigenvalue weighted by molar-refractivity contribution is -0.528. The summed E-state index contributed by atoms with van der Waals surface area (Å²) in [6.07, 6.45) is 0. The van der Waals surface area contributed by atoms with E-state index in [-0.39, 0.29) is 0 Å². The van der Waals surface area contributed by atoms with Crippen molar-refractivity contribution >= 4 is 6.03 Å². The summed E-state index contributed by atoms with van der Waals surface area (Å²) < 4.78 is 0. The third-order valence-electron chi connectivity index (χ3n) is 0.507. The predicted octanol–water partition coefficient (Wildman–Crippen LogP) is -1.31. The number of hydrogen-bond acceptors (Lipinski definition) is 4. The quantitative estimate of drug-likeness (QED) is 0.201. The summed E-state index contributed by atoms with van der Waals surface area (Å²) >= 11 is 0. The fraction of sp³-hybridized carbons (Fsp3) is 0.500. The number of hydrogen-bond donors (Lipinski definition) is 2. The van der Waals surface area contributed by atoms with Gasteiger partial charge in [0.2, 0.25) is 0 Å². The van der Waals surface area contributed by atoms with Gasteiger partial charge in [-0.15, -0.1) is 0 Å². The lowest BCUT2D eigenvalue weighted by atomic mass is 11.0. The number of nitrogens with two attached hydrogens (primary N) is 1. The van der Waals surface area contributed by atoms with Crippen LogP contribution in [0.25, 0.3) is 0 Å². The topological polar surface area (TPSA) is 102 Å². The highest BCUT2D eigenvalue weighted by atomic mass is 16.7. The van der Waals surface area contributed by atoms with Gasteiger partial charge in [-0.1, -0.05) is 0 Å². The van der Waals surface area contributed by atoms with E-state index in [0.29, 0.717) is 5.01 Å². The number of rotatable bonds is 1. The summed E-state index contributed by atoms with van der Waals surface area (Å²) in [6, 6.07) is -0.958. The van der Waals surface area contributed by atoms with Gasteiger partial charge < -0.3 is 0 Å². The van der Waals surface area contributed by atoms with Gasteiger partial charge in [0, 0.05) is 7.05 Å². The van der Waals surface area contributed by atoms with Crippen LogP contribution in [0.2, 0.25) is 0 Å². The van der Waals surface area contributed by atoms with E-state index in [2.05, 4.69) is 0 Å². The SMILES string of the molecule is CN(N)C(=O)N[N+](=O)[O-]. The first kappa shape index (κ1) is 7.63. The van der Waals surface area contributed by atoms with Crippen LogP contribution in [0.1, 0.15) is 0 Å². The first-order valence-corrected chi connectivity index (χ1v) is 1.97. The number of amides is 2. The van der Waals surface area contributed by atoms with Crippen LogP contribution in [0, 0.1) is 10.1 Å². The van der Waals surface area contributed by atoms with Crippen molar-refractivity contribution in [1.82, 2.24) is 10.4 Å². The van der Waals surface area contributed by atoms with Crippen molar-refractivity contribution in [2.24, 2.45) is 5.84 Å². The lowest BCUT2D eigenvalue weighted by Crippen LogP contribution is -2.43. The van der Waals surface area contributed by atoms with E-state index in [1.165, 1.54) is 12.5 Å². The highest BCUT2D eigenvalue weighted by molar-refractivity contribution is 5.71. The number of hydrazine groups is 2. The van der Waals surface area contributed by atoms with Crippen molar-refractivity contribution in [1.29, 1.82) is 0 Å². The number of nitrogens with zero attached hydrogens (tertiary/aromatic N) is 2. The number of nitro groups is 1. The summed E-state index contributed by atoms with van der Waals surface area (Å²) in [6.45, 7) is 0. The Morgan fingerprint density at radius 1 is 1.89 bits per heavy atom. The second-order valence-electron chi connectivity index (χ2n) is 1.28. The van der Waals surface area contributed by atoms with Gasteiger partial charge in [0.1, 0.15) is 0 Å². The molecule has 0 heterocycles. The smallest absolute Gasteiger partial charge is 0.261 e. The molecule has 52 valence electrons. The number of carbonyl (C=O) groups excluding carboxylic acids is 1. The Morgan fingerprint density at radius 3 is 2.44 bits per heavy atom. The Kier molecular flexibility index (Phi) is 2.39. The molecule has 2 amide bonds. The zero-order chi connectivity index (χ0) is 7.44. The lowest BCUT2D eigenvalue weighted by Gasteiger charge is -2.04. The minimum absolute atomic E-state index is 0.572. The van der Waals surface area contributed by atoms with Crippen molar-refractivity contribution in [3.05, 3.63) is 10.1 Å². The zero-order valence-electron chi connectivity index (χ0n) is 4.70. The first-order valence-electron chi connectivity index (χ1n) is 1.97. The molecule has 0 atom stereocenters. The molecule has 0 bridgehead atoms. The minimum atomic E-state index is -0.980. The van der Waals surface area contributed by atoms with Gasteiger partial charge in [0.05, 0.1) is 0 Å². The largest absolute Gasteiger partial charge is 0.389 e. The highest BCUT2D eigenvalue weighted by Gasteiger charge is 2.07. The molecule has 0 unspecified atom stereocenters. The summed E-state index contributed by atoms with van der Waals surface area (Å²) in [5.41, 5.74) is 1.33. The monoisotopic (exact) mass is 134 g/mol. The van der Waals surface area contributed by atoms with Crippen molar-refractivity contribution in [3.63, 3.8) is 0 Å². The number of carbonyl (C=O) groups is 1. The molecule has 0 spiro atoms. The standard InChI is InChI=1S/C2H6N4O3/c1-5(3)2(7)4-6(8)9/h3H2,1H3,(H,4,7). The molecule has 0 fully saturated rings. The molecule has 7 heteroatoms. The Labute approximate surface area is 50.5 Å². The van der Waals surface area contributed by atoms with Gasteiger partial charge in [0.25, 0.3) is 0 Å². The molecule has 7 nitrogen and oxygen atoms in total. The molecular formula is C2H6N4O3. The zero-order valence-corrected chi connectivity index (χ0v) is 4.70. The van der Waals surface area contributed by atoms with E-state index in [1.54, 1.807) is 0 Å². The normalized spacial score (nSPS) is 8.22. The second kappa shape index (κ2) is 2.82. The van der Waals surface area contributed by atoms with Crippen molar-refractivity contribution < 1.29 is 9.83 Å². The summed E-state index contributed by atoms with van der Waals surface area (Å²) in [7, 11) is 1.19. The van der Waals surface area contributed by atoms with Crippen LogP contribution in [0.4, 0.5) is 4.79 Å². The van der Waals surface area contributed by atoms with Crippen LogP contribution in [0.15, 0.2) is 0 Å². The minimum Gasteiger partial charge on any atom is -0.261 e. The van der Waals surface area contributed by atoms with E-state index in [9.17, 15) is 14.9 Å². The fourth-order valence-corrected chi connectivity index (χ4v) is 0.157. The molecule has 0 rings (SSSR count). The third kappa shape index (κ3) is 3.23. The molecular weight excluding hydrogens is 128 g/mol. The Bertz CT molecular complexity index is 132. The van der Waals surface area contributed by atoms with Gasteiger partial charge in [-0.05, 0) is 5.43 Å². The van der Waals surface area contributed by atoms with Crippen molar-refractivity contribution in [2.45, 2.75) is 0 Å². The van der Waals surface area contributed by atoms with Gasteiger partial charge in [-0.2, -0.15) is 0 Å². The van der Waals surface area contributed by atoms with Gasteiger partial charge in [0.15, 0.2) is 5.03 Å². The first-order chi connectivity index (χ1) is 4.04. The highest BCUT2D eigenvalue weighted by Crippen LogP contribution is 1.70. The van der Waals surface area contributed by atoms with E-state index in [1.807, 2.05) is 0 Å². The van der Waals surface area contributed by atoms with E-state index in [0.717, 1.165) is 0 Å². The average molecular weight is 134 g/mol. The summed E-state index contributed by atoms with van der Waals surface area (Å²) in [5, 5.41) is 9.10. The molecule has 0 saturated carbocycles. The molecule has 3 N–H and O–H groups in total. The Balaban J connectivity index is 3.64. The van der Waals surface area contributed by atoms with Crippen LogP contribution in [-0.4, -0.2) is 23.1 Å². The van der Waals surface area contributed by atoms with E-state index in [4.69, 9.17) is 5.84 Å². The van der Waals surface area contributed by atoms with Crippen LogP contribution in [-0.2, 0) is 0 Å². The molecule has 0 aliphatic rings. The Morgan fingerprint density at radius 2 is 2.33 bits per heavy atom. The van der Waals surface area contributed by atoms with Gasteiger partial charge in [-0.25, -0.2) is 20.8 Å². The Hall–Kier alpha value is -1.37. The molecule has 0 aliphatic heterocycles. The van der Waals surface area contributed by atoms with Gasteiger partial charge in [-0.3, -0.25) is 5.01 Å². The maximum atomic E-state index is 10.2. The molecule has 9 heavy (non-hydrogen) atoms. The maximum absolute atomic E-state index is 10.2. The molecule has 0 aromatic heterocycles. The second-order valence-corrected chi connectivity index (χ2v) is 1.28. The van der Waals surface area contributed by atoms with Gasteiger partial charge >= 0.3 is 6.03 Å². The van der Waals surface area contributed by atoms with Crippen LogP contribution in [0.5, 0.6) is 0 Å². The van der Waals surface area contributed by atoms with E-state index >= 15 is 0 Å². The summed E-state index contributed by atoms with van der Waals surface area (Å²) in [5.74, 6) is 4.80.